The number of carboxylic acids is 1. The highest BCUT2D eigenvalue weighted by molar-refractivity contribution is 5.83. The average Bonchev–Trinajstić information content (AvgIpc) is 3.36. The summed E-state index contributed by atoms with van der Waals surface area (Å²) >= 11 is 0. The quantitative estimate of drug-likeness (QED) is 0.867. The number of amides is 1. The van der Waals surface area contributed by atoms with Crippen LogP contribution in [0.4, 0.5) is 4.39 Å². The van der Waals surface area contributed by atoms with Crippen LogP contribution < -0.4 is 0 Å². The summed E-state index contributed by atoms with van der Waals surface area (Å²) in [6.07, 6.45) is 2.13. The Labute approximate surface area is 140 Å². The lowest BCUT2D eigenvalue weighted by atomic mass is 10.0. The summed E-state index contributed by atoms with van der Waals surface area (Å²) in [6.45, 7) is 1.42. The highest BCUT2D eigenvalue weighted by atomic mass is 19.1. The van der Waals surface area contributed by atoms with Gasteiger partial charge in [0, 0.05) is 31.7 Å². The number of carboxylic acid groups (broad SMARTS) is 1. The number of hydrogen-bond acceptors (Lipinski definition) is 3. The molecule has 1 aliphatic heterocycles. The van der Waals surface area contributed by atoms with Gasteiger partial charge in [-0.1, -0.05) is 12.1 Å². The average molecular weight is 335 g/mol. The van der Waals surface area contributed by atoms with Gasteiger partial charge < -0.3 is 14.7 Å². The summed E-state index contributed by atoms with van der Waals surface area (Å²) in [6, 6.07) is 6.42. The molecule has 0 radical (unpaired) electrons. The predicted octanol–water partition coefficient (Wildman–Crippen LogP) is 2.41. The van der Waals surface area contributed by atoms with E-state index in [-0.39, 0.29) is 42.6 Å². The summed E-state index contributed by atoms with van der Waals surface area (Å²) in [7, 11) is 0. The Bertz CT molecular complexity index is 615. The number of aliphatic carboxylic acids is 1. The third-order valence-corrected chi connectivity index (χ3v) is 4.87. The zero-order chi connectivity index (χ0) is 17.1. The Balaban J connectivity index is 1.68. The molecule has 5 nitrogen and oxygen atoms in total. The zero-order valence-electron chi connectivity index (χ0n) is 13.5. The fraction of sp³-hybridized carbons (Fsp3) is 0.556. The molecule has 1 N–H and O–H groups in total. The fourth-order valence-electron chi connectivity index (χ4n) is 3.47. The van der Waals surface area contributed by atoms with Gasteiger partial charge in [0.1, 0.15) is 5.82 Å². The topological polar surface area (TPSA) is 66.8 Å². The summed E-state index contributed by atoms with van der Waals surface area (Å²) in [4.78, 5) is 25.5. The Morgan fingerprint density at radius 3 is 2.71 bits per heavy atom. The number of rotatable bonds is 6. The molecular formula is C18H22FNO4. The molecular weight excluding hydrogens is 313 g/mol. The third kappa shape index (κ3) is 3.93. The van der Waals surface area contributed by atoms with Crippen molar-refractivity contribution < 1.29 is 23.8 Å². The van der Waals surface area contributed by atoms with Crippen LogP contribution in [-0.2, 0) is 14.3 Å². The fourth-order valence-corrected chi connectivity index (χ4v) is 3.47. The van der Waals surface area contributed by atoms with Crippen molar-refractivity contribution in [2.75, 3.05) is 19.8 Å². The first kappa shape index (κ1) is 16.9. The Morgan fingerprint density at radius 1 is 1.29 bits per heavy atom. The lowest BCUT2D eigenvalue weighted by Gasteiger charge is -2.34. The van der Waals surface area contributed by atoms with E-state index in [0.717, 1.165) is 18.4 Å². The minimum Gasteiger partial charge on any atom is -0.481 e. The number of benzene rings is 1. The van der Waals surface area contributed by atoms with Gasteiger partial charge in [-0.2, -0.15) is 0 Å². The van der Waals surface area contributed by atoms with Crippen molar-refractivity contribution >= 4 is 11.9 Å². The van der Waals surface area contributed by atoms with Crippen molar-refractivity contribution in [2.24, 2.45) is 5.92 Å². The maximum atomic E-state index is 13.4. The molecule has 1 aromatic carbocycles. The largest absolute Gasteiger partial charge is 0.481 e. The van der Waals surface area contributed by atoms with E-state index in [0.29, 0.717) is 19.6 Å². The molecule has 1 saturated carbocycles. The molecule has 1 heterocycles. The van der Waals surface area contributed by atoms with E-state index in [1.54, 1.807) is 11.0 Å². The van der Waals surface area contributed by atoms with Crippen LogP contribution in [0.25, 0.3) is 0 Å². The molecule has 6 heteroatoms. The molecule has 0 unspecified atom stereocenters. The van der Waals surface area contributed by atoms with E-state index in [2.05, 4.69) is 0 Å². The second-order valence-electron chi connectivity index (χ2n) is 6.52. The van der Waals surface area contributed by atoms with Crippen molar-refractivity contribution in [2.45, 2.75) is 37.6 Å². The summed E-state index contributed by atoms with van der Waals surface area (Å²) < 4.78 is 18.7. The molecule has 1 aromatic rings. The normalized spacial score (nSPS) is 23.7. The third-order valence-electron chi connectivity index (χ3n) is 4.87. The Morgan fingerprint density at radius 2 is 2.04 bits per heavy atom. The highest BCUT2D eigenvalue weighted by Gasteiger charge is 2.47. The summed E-state index contributed by atoms with van der Waals surface area (Å²) in [5.41, 5.74) is 0.846. The van der Waals surface area contributed by atoms with E-state index < -0.39 is 5.97 Å². The standard InChI is InChI=1S/C18H22FNO4/c19-13-3-1-2-12(10-13)15-11-16(15)18(23)20(7-4-17(21)22)14-5-8-24-9-6-14/h1-3,10,14-16H,4-9,11H2,(H,21,22)/t15-,16-/m0/s1. The predicted molar refractivity (Wildman–Crippen MR) is 85.1 cm³/mol. The lowest BCUT2D eigenvalue weighted by Crippen LogP contribution is -2.45. The molecule has 0 aromatic heterocycles. The van der Waals surface area contributed by atoms with Gasteiger partial charge >= 0.3 is 5.97 Å². The number of nitrogens with zero attached hydrogens (tertiary/aromatic N) is 1. The molecule has 0 spiro atoms. The van der Waals surface area contributed by atoms with E-state index in [4.69, 9.17) is 9.84 Å². The van der Waals surface area contributed by atoms with Gasteiger partial charge in [-0.05, 0) is 42.9 Å². The van der Waals surface area contributed by atoms with Gasteiger partial charge in [-0.25, -0.2) is 4.39 Å². The van der Waals surface area contributed by atoms with Crippen LogP contribution >= 0.6 is 0 Å². The second-order valence-corrected chi connectivity index (χ2v) is 6.52. The molecule has 0 bridgehead atoms. The van der Waals surface area contributed by atoms with Crippen LogP contribution in [-0.4, -0.2) is 47.7 Å². The van der Waals surface area contributed by atoms with E-state index in [9.17, 15) is 14.0 Å². The van der Waals surface area contributed by atoms with Crippen LogP contribution in [0, 0.1) is 11.7 Å². The second kappa shape index (κ2) is 7.30. The first-order chi connectivity index (χ1) is 11.6. The highest BCUT2D eigenvalue weighted by Crippen LogP contribution is 2.49. The number of ether oxygens (including phenoxy) is 1. The summed E-state index contributed by atoms with van der Waals surface area (Å²) in [5.74, 6) is -1.32. The van der Waals surface area contributed by atoms with Crippen LogP contribution in [0.3, 0.4) is 0 Å². The Kier molecular flexibility index (Phi) is 5.14. The molecule has 2 aliphatic rings. The summed E-state index contributed by atoms with van der Waals surface area (Å²) in [5, 5.41) is 8.95. The molecule has 1 amide bonds. The number of carbonyl (C=O) groups excluding carboxylic acids is 1. The maximum Gasteiger partial charge on any atom is 0.305 e. The van der Waals surface area contributed by atoms with Crippen LogP contribution in [0.5, 0.6) is 0 Å². The Hall–Kier alpha value is -1.95. The van der Waals surface area contributed by atoms with Gasteiger partial charge in [-0.3, -0.25) is 9.59 Å². The van der Waals surface area contributed by atoms with E-state index in [1.165, 1.54) is 12.1 Å². The minimum atomic E-state index is -0.905. The molecule has 24 heavy (non-hydrogen) atoms. The molecule has 2 fully saturated rings. The van der Waals surface area contributed by atoms with Gasteiger partial charge in [0.25, 0.3) is 0 Å². The molecule has 130 valence electrons. The number of hydrogen-bond donors (Lipinski definition) is 1. The monoisotopic (exact) mass is 335 g/mol. The van der Waals surface area contributed by atoms with Crippen molar-refractivity contribution in [1.82, 2.24) is 4.90 Å². The molecule has 2 atom stereocenters. The van der Waals surface area contributed by atoms with Crippen molar-refractivity contribution in [3.63, 3.8) is 0 Å². The van der Waals surface area contributed by atoms with Gasteiger partial charge in [0.15, 0.2) is 0 Å². The van der Waals surface area contributed by atoms with E-state index >= 15 is 0 Å². The first-order valence-corrected chi connectivity index (χ1v) is 8.41. The molecule has 1 saturated heterocycles. The van der Waals surface area contributed by atoms with Gasteiger partial charge in [0.2, 0.25) is 5.91 Å². The lowest BCUT2D eigenvalue weighted by molar-refractivity contribution is -0.141. The first-order valence-electron chi connectivity index (χ1n) is 8.41. The number of halogens is 1. The minimum absolute atomic E-state index is 0.00240. The number of carbonyl (C=O) groups is 2. The van der Waals surface area contributed by atoms with E-state index in [1.807, 2.05) is 6.07 Å². The van der Waals surface area contributed by atoms with Crippen LogP contribution in [0.15, 0.2) is 24.3 Å². The molecule has 3 rings (SSSR count). The smallest absolute Gasteiger partial charge is 0.305 e. The van der Waals surface area contributed by atoms with Crippen LogP contribution in [0.2, 0.25) is 0 Å². The SMILES string of the molecule is O=C(O)CCN(C(=O)[C@H]1C[C@H]1c1cccc(F)c1)C1CCOCC1. The van der Waals surface area contributed by atoms with Crippen molar-refractivity contribution in [3.8, 4) is 0 Å². The van der Waals surface area contributed by atoms with Crippen LogP contribution in [0.1, 0.15) is 37.2 Å². The zero-order valence-corrected chi connectivity index (χ0v) is 13.5. The van der Waals surface area contributed by atoms with Crippen molar-refractivity contribution in [3.05, 3.63) is 35.6 Å². The van der Waals surface area contributed by atoms with Gasteiger partial charge in [0.05, 0.1) is 6.42 Å². The van der Waals surface area contributed by atoms with Gasteiger partial charge in [-0.15, -0.1) is 0 Å². The molecule has 1 aliphatic carbocycles. The maximum absolute atomic E-state index is 13.4. The van der Waals surface area contributed by atoms with Crippen molar-refractivity contribution in [1.29, 1.82) is 0 Å².